The lowest BCUT2D eigenvalue weighted by molar-refractivity contribution is 0.784. The lowest BCUT2D eigenvalue weighted by Crippen LogP contribution is -2.12. The third kappa shape index (κ3) is 2.13. The highest BCUT2D eigenvalue weighted by molar-refractivity contribution is 9.10. The van der Waals surface area contributed by atoms with Gasteiger partial charge in [-0.3, -0.25) is 4.79 Å². The molecule has 0 amide bonds. The van der Waals surface area contributed by atoms with E-state index in [2.05, 4.69) is 15.9 Å². The van der Waals surface area contributed by atoms with Crippen LogP contribution in [0.5, 0.6) is 0 Å². The maximum Gasteiger partial charge on any atom is 0.307 e. The van der Waals surface area contributed by atoms with Crippen LogP contribution < -0.4 is 4.87 Å². The minimum atomic E-state index is 0.0879. The molecule has 2 rings (SSSR count). The van der Waals surface area contributed by atoms with Crippen LogP contribution in [0.25, 0.3) is 0 Å². The van der Waals surface area contributed by atoms with Crippen molar-refractivity contribution < 1.29 is 0 Å². The fraction of sp³-hybridized carbons (Fsp3) is 0.100. The van der Waals surface area contributed by atoms with Gasteiger partial charge in [0, 0.05) is 16.0 Å². The van der Waals surface area contributed by atoms with Crippen LogP contribution in [0, 0.1) is 0 Å². The molecule has 72 valence electrons. The predicted molar refractivity (Wildman–Crippen MR) is 61.8 cm³/mol. The second kappa shape index (κ2) is 4.11. The Labute approximate surface area is 94.0 Å². The zero-order valence-electron chi connectivity index (χ0n) is 7.31. The second-order valence-corrected chi connectivity index (χ2v) is 4.70. The Hall–Kier alpha value is -0.870. The van der Waals surface area contributed by atoms with Crippen LogP contribution in [0.15, 0.2) is 45.1 Å². The smallest absolute Gasteiger partial charge is 0.302 e. The summed E-state index contributed by atoms with van der Waals surface area (Å²) in [7, 11) is 0. The van der Waals surface area contributed by atoms with E-state index in [1.807, 2.05) is 30.5 Å². The van der Waals surface area contributed by atoms with E-state index in [4.69, 9.17) is 0 Å². The molecule has 1 aromatic heterocycles. The number of hydrogen-bond acceptors (Lipinski definition) is 2. The molecule has 4 heteroatoms. The first-order valence-electron chi connectivity index (χ1n) is 4.14. The summed E-state index contributed by atoms with van der Waals surface area (Å²) in [4.78, 5) is 11.4. The van der Waals surface area contributed by atoms with Crippen LogP contribution >= 0.6 is 27.3 Å². The van der Waals surface area contributed by atoms with E-state index in [1.54, 1.807) is 9.95 Å². The van der Waals surface area contributed by atoms with E-state index in [-0.39, 0.29) is 4.87 Å². The normalized spacial score (nSPS) is 10.4. The Morgan fingerprint density at radius 1 is 1.43 bits per heavy atom. The van der Waals surface area contributed by atoms with Gasteiger partial charge in [0.15, 0.2) is 0 Å². The van der Waals surface area contributed by atoms with Gasteiger partial charge in [-0.15, -0.1) is 0 Å². The van der Waals surface area contributed by atoms with E-state index in [1.165, 1.54) is 11.3 Å². The van der Waals surface area contributed by atoms with Gasteiger partial charge in [-0.25, -0.2) is 0 Å². The van der Waals surface area contributed by atoms with Crippen LogP contribution in [0.3, 0.4) is 0 Å². The Kier molecular flexibility index (Phi) is 2.84. The molecule has 0 saturated carbocycles. The molecule has 14 heavy (non-hydrogen) atoms. The Bertz CT molecular complexity index is 489. The summed E-state index contributed by atoms with van der Waals surface area (Å²) in [6.45, 7) is 0.641. The molecule has 0 saturated heterocycles. The third-order valence-electron chi connectivity index (χ3n) is 1.89. The molecular formula is C10H8BrNOS. The maximum atomic E-state index is 11.3. The van der Waals surface area contributed by atoms with Crippen LogP contribution in [0.1, 0.15) is 5.56 Å². The van der Waals surface area contributed by atoms with E-state index in [0.717, 1.165) is 10.0 Å². The zero-order valence-corrected chi connectivity index (χ0v) is 9.72. The maximum absolute atomic E-state index is 11.3. The minimum absolute atomic E-state index is 0.0879. The topological polar surface area (TPSA) is 22.0 Å². The minimum Gasteiger partial charge on any atom is -0.302 e. The first-order chi connectivity index (χ1) is 6.75. The van der Waals surface area contributed by atoms with Gasteiger partial charge in [-0.1, -0.05) is 39.4 Å². The van der Waals surface area contributed by atoms with Gasteiger partial charge in [0.2, 0.25) is 0 Å². The summed E-state index contributed by atoms with van der Waals surface area (Å²) in [6.07, 6.45) is 1.81. The largest absolute Gasteiger partial charge is 0.307 e. The quantitative estimate of drug-likeness (QED) is 0.822. The number of nitrogens with zero attached hydrogens (tertiary/aromatic N) is 1. The van der Waals surface area contributed by atoms with Gasteiger partial charge in [0.05, 0.1) is 6.54 Å². The number of thiazole rings is 1. The number of aromatic nitrogens is 1. The van der Waals surface area contributed by atoms with Gasteiger partial charge in [-0.2, -0.15) is 0 Å². The molecule has 0 aliphatic carbocycles. The van der Waals surface area contributed by atoms with E-state index in [0.29, 0.717) is 6.54 Å². The first-order valence-corrected chi connectivity index (χ1v) is 5.81. The fourth-order valence-electron chi connectivity index (χ4n) is 1.24. The highest BCUT2D eigenvalue weighted by Gasteiger charge is 1.98. The molecule has 0 atom stereocenters. The van der Waals surface area contributed by atoms with Crippen LogP contribution in [0.4, 0.5) is 0 Å². The van der Waals surface area contributed by atoms with Crippen molar-refractivity contribution in [2.45, 2.75) is 6.54 Å². The van der Waals surface area contributed by atoms with Crippen LogP contribution in [0.2, 0.25) is 0 Å². The van der Waals surface area contributed by atoms with Crippen molar-refractivity contribution in [2.24, 2.45) is 0 Å². The molecule has 0 bridgehead atoms. The summed E-state index contributed by atoms with van der Waals surface area (Å²) >= 11 is 4.62. The third-order valence-corrected chi connectivity index (χ3v) is 3.07. The molecule has 0 unspecified atom stereocenters. The van der Waals surface area contributed by atoms with Gasteiger partial charge in [0.25, 0.3) is 0 Å². The highest BCUT2D eigenvalue weighted by Crippen LogP contribution is 2.12. The molecule has 0 radical (unpaired) electrons. The molecule has 1 heterocycles. The summed E-state index contributed by atoms with van der Waals surface area (Å²) in [6, 6.07) is 7.97. The Balaban J connectivity index is 2.27. The van der Waals surface area contributed by atoms with Crippen molar-refractivity contribution >= 4 is 27.3 Å². The van der Waals surface area contributed by atoms with Gasteiger partial charge in [-0.05, 0) is 17.7 Å². The predicted octanol–water partition coefficient (Wildman–Crippen LogP) is 2.72. The summed E-state index contributed by atoms with van der Waals surface area (Å²) in [5, 5.41) is 1.81. The Morgan fingerprint density at radius 3 is 2.93 bits per heavy atom. The van der Waals surface area contributed by atoms with Gasteiger partial charge >= 0.3 is 4.87 Å². The zero-order chi connectivity index (χ0) is 9.97. The fourth-order valence-corrected chi connectivity index (χ4v) is 2.27. The standard InChI is InChI=1S/C10H8BrNOS/c11-9-3-1-2-8(6-9)7-12-4-5-14-10(12)13/h1-6H,7H2. The molecular weight excluding hydrogens is 262 g/mol. The summed E-state index contributed by atoms with van der Waals surface area (Å²) in [5.41, 5.74) is 1.12. The van der Waals surface area contributed by atoms with E-state index < -0.39 is 0 Å². The van der Waals surface area contributed by atoms with Crippen LogP contribution in [-0.4, -0.2) is 4.57 Å². The first kappa shape index (κ1) is 9.68. The molecule has 0 spiro atoms. The summed E-state index contributed by atoms with van der Waals surface area (Å²) < 4.78 is 2.74. The number of rotatable bonds is 2. The van der Waals surface area contributed by atoms with E-state index >= 15 is 0 Å². The van der Waals surface area contributed by atoms with Crippen molar-refractivity contribution in [3.63, 3.8) is 0 Å². The van der Waals surface area contributed by atoms with Crippen molar-refractivity contribution in [2.75, 3.05) is 0 Å². The average Bonchev–Trinajstić information content (AvgIpc) is 2.52. The average molecular weight is 270 g/mol. The van der Waals surface area contributed by atoms with Crippen molar-refractivity contribution in [1.82, 2.24) is 4.57 Å². The number of halogens is 1. The lowest BCUT2D eigenvalue weighted by Gasteiger charge is -2.01. The Morgan fingerprint density at radius 2 is 2.29 bits per heavy atom. The van der Waals surface area contributed by atoms with Crippen LogP contribution in [-0.2, 0) is 6.54 Å². The van der Waals surface area contributed by atoms with Gasteiger partial charge < -0.3 is 4.57 Å². The second-order valence-electron chi connectivity index (χ2n) is 2.93. The molecule has 0 aliphatic heterocycles. The van der Waals surface area contributed by atoms with Crippen molar-refractivity contribution in [1.29, 1.82) is 0 Å². The van der Waals surface area contributed by atoms with Gasteiger partial charge in [0.1, 0.15) is 0 Å². The SMILES string of the molecule is O=c1sccn1Cc1cccc(Br)c1. The van der Waals surface area contributed by atoms with E-state index in [9.17, 15) is 4.79 Å². The van der Waals surface area contributed by atoms with Crippen molar-refractivity contribution in [3.8, 4) is 0 Å². The molecule has 0 aliphatic rings. The van der Waals surface area contributed by atoms with Crippen molar-refractivity contribution in [3.05, 3.63) is 55.5 Å². The number of benzene rings is 1. The highest BCUT2D eigenvalue weighted by atomic mass is 79.9. The molecule has 0 fully saturated rings. The lowest BCUT2D eigenvalue weighted by atomic mass is 10.2. The molecule has 0 N–H and O–H groups in total. The number of hydrogen-bond donors (Lipinski definition) is 0. The monoisotopic (exact) mass is 269 g/mol. The molecule has 2 nitrogen and oxygen atoms in total. The molecule has 1 aromatic carbocycles. The molecule has 2 aromatic rings. The summed E-state index contributed by atoms with van der Waals surface area (Å²) in [5.74, 6) is 0.